The van der Waals surface area contributed by atoms with E-state index in [2.05, 4.69) is 16.0 Å². The summed E-state index contributed by atoms with van der Waals surface area (Å²) in [7, 11) is 0. The van der Waals surface area contributed by atoms with Crippen LogP contribution in [-0.2, 0) is 4.79 Å². The Hall–Kier alpha value is -1.21. The lowest BCUT2D eigenvalue weighted by atomic mass is 9.93. The molecule has 1 aliphatic carbocycles. The number of rotatable bonds is 5. The summed E-state index contributed by atoms with van der Waals surface area (Å²) < 4.78 is 14.5. The van der Waals surface area contributed by atoms with E-state index >= 15 is 0 Å². The van der Waals surface area contributed by atoms with Gasteiger partial charge in [0, 0.05) is 35.2 Å². The van der Waals surface area contributed by atoms with Gasteiger partial charge in [0.25, 0.3) is 0 Å². The Bertz CT molecular complexity index is 823. The van der Waals surface area contributed by atoms with Crippen molar-refractivity contribution in [1.29, 1.82) is 0 Å². The second-order valence-electron chi connectivity index (χ2n) is 7.01. The lowest BCUT2D eigenvalue weighted by molar-refractivity contribution is -0.126. The van der Waals surface area contributed by atoms with Crippen LogP contribution in [0.1, 0.15) is 36.6 Å². The summed E-state index contributed by atoms with van der Waals surface area (Å²) in [5.41, 5.74) is 4.35. The van der Waals surface area contributed by atoms with Crippen molar-refractivity contribution in [3.63, 3.8) is 0 Å². The topological polar surface area (TPSA) is 33.2 Å². The summed E-state index contributed by atoms with van der Waals surface area (Å²) in [5.74, 6) is -0.0652. The Kier molecular flexibility index (Phi) is 6.74. The van der Waals surface area contributed by atoms with Gasteiger partial charge >= 0.3 is 0 Å². The zero-order valence-electron chi connectivity index (χ0n) is 14.8. The van der Waals surface area contributed by atoms with Gasteiger partial charge in [-0.2, -0.15) is 12.6 Å². The Labute approximate surface area is 174 Å². The summed E-state index contributed by atoms with van der Waals surface area (Å²) in [5, 5.41) is 2.14. The Morgan fingerprint density at radius 3 is 2.78 bits per heavy atom. The highest BCUT2D eigenvalue weighted by Crippen LogP contribution is 2.39. The van der Waals surface area contributed by atoms with Crippen LogP contribution in [0.3, 0.4) is 0 Å². The first kappa shape index (κ1) is 20.5. The molecule has 0 radical (unpaired) electrons. The molecule has 0 N–H and O–H groups in total. The molecule has 1 aromatic carbocycles. The fourth-order valence-corrected chi connectivity index (χ4v) is 4.34. The molecule has 0 amide bonds. The van der Waals surface area contributed by atoms with E-state index in [0.717, 1.165) is 37.1 Å². The van der Waals surface area contributed by atoms with Gasteiger partial charge in [0.05, 0.1) is 17.2 Å². The third kappa shape index (κ3) is 4.62. The first-order chi connectivity index (χ1) is 12.6. The SMILES string of the molecule is Cl.O=C(C1CC1)C(c1ccccc1F)N1CCC(S)C(=Cc2cscn2)C1. The number of aromatic nitrogens is 1. The van der Waals surface area contributed by atoms with Crippen molar-refractivity contribution in [1.82, 2.24) is 9.88 Å². The maximum absolute atomic E-state index is 14.5. The van der Waals surface area contributed by atoms with Gasteiger partial charge in [-0.05, 0) is 37.0 Å². The maximum atomic E-state index is 14.5. The number of carbonyl (C=O) groups excluding carboxylic acids is 1. The number of thiol groups is 1. The Morgan fingerprint density at radius 1 is 1.33 bits per heavy atom. The van der Waals surface area contributed by atoms with Gasteiger partial charge < -0.3 is 0 Å². The minimum absolute atomic E-state index is 0. The molecule has 2 aliphatic rings. The molecule has 1 aromatic heterocycles. The number of benzene rings is 1. The number of thiazole rings is 1. The van der Waals surface area contributed by atoms with Gasteiger partial charge in [-0.3, -0.25) is 9.69 Å². The molecule has 2 fully saturated rings. The molecule has 4 rings (SSSR count). The van der Waals surface area contributed by atoms with E-state index in [1.54, 1.807) is 29.0 Å². The van der Waals surface area contributed by atoms with E-state index in [4.69, 9.17) is 12.6 Å². The highest BCUT2D eigenvalue weighted by atomic mass is 35.5. The summed E-state index contributed by atoms with van der Waals surface area (Å²) in [4.78, 5) is 19.4. The maximum Gasteiger partial charge on any atom is 0.157 e. The van der Waals surface area contributed by atoms with Crippen LogP contribution in [0.25, 0.3) is 6.08 Å². The van der Waals surface area contributed by atoms with Crippen molar-refractivity contribution in [3.05, 3.63) is 57.8 Å². The molecular weight excluding hydrogens is 403 g/mol. The summed E-state index contributed by atoms with van der Waals surface area (Å²) in [6, 6.07) is 6.16. The fourth-order valence-electron chi connectivity index (χ4n) is 3.56. The van der Waals surface area contributed by atoms with Gasteiger partial charge in [-0.15, -0.1) is 23.7 Å². The lowest BCUT2D eigenvalue weighted by Gasteiger charge is -2.37. The molecule has 0 bridgehead atoms. The zero-order valence-corrected chi connectivity index (χ0v) is 17.3. The molecule has 27 heavy (non-hydrogen) atoms. The van der Waals surface area contributed by atoms with Crippen LogP contribution in [0.4, 0.5) is 4.39 Å². The second-order valence-corrected chi connectivity index (χ2v) is 8.35. The predicted molar refractivity (Wildman–Crippen MR) is 113 cm³/mol. The normalized spacial score (nSPS) is 23.0. The fraction of sp³-hybridized carbons (Fsp3) is 0.400. The summed E-state index contributed by atoms with van der Waals surface area (Å²) in [6.45, 7) is 1.35. The van der Waals surface area contributed by atoms with Crippen LogP contribution >= 0.6 is 36.4 Å². The first-order valence-corrected chi connectivity index (χ1v) is 10.4. The molecule has 1 aliphatic heterocycles. The van der Waals surface area contributed by atoms with Crippen LogP contribution in [-0.4, -0.2) is 34.0 Å². The van der Waals surface area contributed by atoms with E-state index in [1.807, 2.05) is 11.4 Å². The minimum Gasteiger partial charge on any atom is -0.297 e. The minimum atomic E-state index is -0.511. The van der Waals surface area contributed by atoms with Gasteiger partial charge in [0.2, 0.25) is 0 Å². The predicted octanol–water partition coefficient (Wildman–Crippen LogP) is 4.81. The van der Waals surface area contributed by atoms with Crippen molar-refractivity contribution >= 4 is 48.2 Å². The smallest absolute Gasteiger partial charge is 0.157 e. The molecule has 2 aromatic rings. The van der Waals surface area contributed by atoms with Crippen LogP contribution < -0.4 is 0 Å². The highest BCUT2D eigenvalue weighted by Gasteiger charge is 2.40. The highest BCUT2D eigenvalue weighted by molar-refractivity contribution is 7.81. The second kappa shape index (κ2) is 8.86. The van der Waals surface area contributed by atoms with Gasteiger partial charge in [0.1, 0.15) is 5.82 Å². The molecule has 2 atom stereocenters. The standard InChI is InChI=1S/C20H21FN2OS2.ClH/c21-17-4-2-1-3-16(17)19(20(24)13-5-6-13)23-8-7-18(25)14(10-23)9-15-11-26-12-22-15;/h1-4,9,11-13,18-19,25H,5-8,10H2;1H. The monoisotopic (exact) mass is 424 g/mol. The lowest BCUT2D eigenvalue weighted by Crippen LogP contribution is -2.42. The number of Topliss-reactive ketones (excluding diaryl/α,β-unsaturated/α-hetero) is 1. The van der Waals surface area contributed by atoms with Crippen molar-refractivity contribution in [2.75, 3.05) is 13.1 Å². The number of carbonyl (C=O) groups is 1. The quantitative estimate of drug-likeness (QED) is 0.699. The van der Waals surface area contributed by atoms with Gasteiger partial charge in [-0.25, -0.2) is 9.37 Å². The van der Waals surface area contributed by atoms with Crippen LogP contribution in [0, 0.1) is 11.7 Å². The van der Waals surface area contributed by atoms with Crippen LogP contribution in [0.5, 0.6) is 0 Å². The largest absolute Gasteiger partial charge is 0.297 e. The number of hydrogen-bond acceptors (Lipinski definition) is 5. The third-order valence-corrected chi connectivity index (χ3v) is 6.30. The van der Waals surface area contributed by atoms with Crippen LogP contribution in [0.15, 0.2) is 40.7 Å². The number of nitrogens with zero attached hydrogens (tertiary/aromatic N) is 2. The number of likely N-dealkylation sites (tertiary alicyclic amines) is 1. The molecule has 0 spiro atoms. The van der Waals surface area contributed by atoms with Crippen molar-refractivity contribution in [2.24, 2.45) is 5.92 Å². The zero-order chi connectivity index (χ0) is 18.1. The van der Waals surface area contributed by atoms with Crippen molar-refractivity contribution in [2.45, 2.75) is 30.6 Å². The first-order valence-electron chi connectivity index (χ1n) is 8.92. The Morgan fingerprint density at radius 2 is 2.11 bits per heavy atom. The number of ketones is 1. The average Bonchev–Trinajstić information content (AvgIpc) is 3.37. The molecular formula is C20H22ClFN2OS2. The van der Waals surface area contributed by atoms with Crippen molar-refractivity contribution < 1.29 is 9.18 Å². The third-order valence-electron chi connectivity index (χ3n) is 5.10. The number of piperidine rings is 1. The molecule has 2 heterocycles. The molecule has 1 saturated carbocycles. The molecule has 1 saturated heterocycles. The van der Waals surface area contributed by atoms with E-state index < -0.39 is 6.04 Å². The van der Waals surface area contributed by atoms with E-state index in [1.165, 1.54) is 6.07 Å². The van der Waals surface area contributed by atoms with E-state index in [0.29, 0.717) is 12.1 Å². The molecule has 3 nitrogen and oxygen atoms in total. The van der Waals surface area contributed by atoms with Gasteiger partial charge in [0.15, 0.2) is 5.78 Å². The van der Waals surface area contributed by atoms with E-state index in [9.17, 15) is 9.18 Å². The van der Waals surface area contributed by atoms with Crippen molar-refractivity contribution in [3.8, 4) is 0 Å². The molecule has 144 valence electrons. The summed E-state index contributed by atoms with van der Waals surface area (Å²) in [6.07, 6.45) is 4.74. The summed E-state index contributed by atoms with van der Waals surface area (Å²) >= 11 is 6.27. The molecule has 7 heteroatoms. The van der Waals surface area contributed by atoms with Crippen LogP contribution in [0.2, 0.25) is 0 Å². The number of hydrogen-bond donors (Lipinski definition) is 1. The van der Waals surface area contributed by atoms with E-state index in [-0.39, 0.29) is 35.2 Å². The number of halogens is 2. The molecule has 2 unspecified atom stereocenters. The van der Waals surface area contributed by atoms with Gasteiger partial charge in [-0.1, -0.05) is 18.2 Å². The average molecular weight is 425 g/mol. The Balaban J connectivity index is 0.00000210.